The Hall–Kier alpha value is -0.670. The largest absolute Gasteiger partial charge is 0.393 e. The summed E-state index contributed by atoms with van der Waals surface area (Å²) < 4.78 is 0. The standard InChI is InChI=1S/C8H13O3/c1-3-7(10)8(11)5-4-6(2)9/h3,6,8-9,11H,1-2,4-5H2. The van der Waals surface area contributed by atoms with Crippen LogP contribution in [0.3, 0.4) is 0 Å². The van der Waals surface area contributed by atoms with Crippen molar-refractivity contribution in [3.05, 3.63) is 19.6 Å². The molecule has 0 spiro atoms. The number of aliphatic hydroxyl groups is 2. The molecule has 2 unspecified atom stereocenters. The Morgan fingerprint density at radius 3 is 2.36 bits per heavy atom. The zero-order valence-corrected chi connectivity index (χ0v) is 6.36. The van der Waals surface area contributed by atoms with Crippen LogP contribution in [-0.2, 0) is 4.79 Å². The maximum atomic E-state index is 10.7. The van der Waals surface area contributed by atoms with Gasteiger partial charge in [-0.2, -0.15) is 0 Å². The summed E-state index contributed by atoms with van der Waals surface area (Å²) in [5, 5.41) is 17.7. The third-order valence-electron chi connectivity index (χ3n) is 1.30. The zero-order valence-electron chi connectivity index (χ0n) is 6.36. The summed E-state index contributed by atoms with van der Waals surface area (Å²) in [6.07, 6.45) is -0.137. The van der Waals surface area contributed by atoms with Crippen molar-refractivity contribution in [3.8, 4) is 0 Å². The van der Waals surface area contributed by atoms with Gasteiger partial charge in [0.1, 0.15) is 6.10 Å². The van der Waals surface area contributed by atoms with E-state index in [1.165, 1.54) is 0 Å². The summed E-state index contributed by atoms with van der Waals surface area (Å²) in [6, 6.07) is 0. The second-order valence-electron chi connectivity index (χ2n) is 2.35. The van der Waals surface area contributed by atoms with Crippen molar-refractivity contribution < 1.29 is 15.0 Å². The van der Waals surface area contributed by atoms with Gasteiger partial charge >= 0.3 is 0 Å². The van der Waals surface area contributed by atoms with Crippen LogP contribution in [-0.4, -0.2) is 28.2 Å². The second-order valence-corrected chi connectivity index (χ2v) is 2.35. The van der Waals surface area contributed by atoms with E-state index in [4.69, 9.17) is 10.2 Å². The molecule has 0 aromatic rings. The summed E-state index contributed by atoms with van der Waals surface area (Å²) in [4.78, 5) is 10.7. The molecule has 0 heterocycles. The molecule has 3 nitrogen and oxygen atoms in total. The maximum Gasteiger partial charge on any atom is 0.183 e. The highest BCUT2D eigenvalue weighted by molar-refractivity contribution is 5.92. The van der Waals surface area contributed by atoms with E-state index in [1.54, 1.807) is 0 Å². The molecular weight excluding hydrogens is 144 g/mol. The third kappa shape index (κ3) is 4.70. The zero-order chi connectivity index (χ0) is 8.85. The minimum atomic E-state index is -1.04. The van der Waals surface area contributed by atoms with Gasteiger partial charge in [0.15, 0.2) is 5.78 Å². The summed E-state index contributed by atoms with van der Waals surface area (Å²) in [7, 11) is 0. The summed E-state index contributed by atoms with van der Waals surface area (Å²) in [6.45, 7) is 6.52. The normalized spacial score (nSPS) is 15.5. The predicted molar refractivity (Wildman–Crippen MR) is 41.8 cm³/mol. The van der Waals surface area contributed by atoms with Crippen molar-refractivity contribution in [2.45, 2.75) is 25.0 Å². The fourth-order valence-electron chi connectivity index (χ4n) is 0.629. The van der Waals surface area contributed by atoms with Crippen molar-refractivity contribution in [2.24, 2.45) is 0 Å². The molecule has 0 aliphatic carbocycles. The van der Waals surface area contributed by atoms with Crippen LogP contribution in [0.4, 0.5) is 0 Å². The summed E-state index contributed by atoms with van der Waals surface area (Å²) >= 11 is 0. The van der Waals surface area contributed by atoms with Gasteiger partial charge in [-0.1, -0.05) is 6.58 Å². The lowest BCUT2D eigenvalue weighted by molar-refractivity contribution is -0.122. The average Bonchev–Trinajstić information content (AvgIpc) is 1.98. The van der Waals surface area contributed by atoms with Gasteiger partial charge < -0.3 is 10.2 Å². The molecule has 0 bridgehead atoms. The molecule has 2 atom stereocenters. The molecule has 0 aliphatic rings. The molecular formula is C8H13O3. The lowest BCUT2D eigenvalue weighted by Gasteiger charge is -2.07. The molecule has 11 heavy (non-hydrogen) atoms. The van der Waals surface area contributed by atoms with Crippen molar-refractivity contribution >= 4 is 5.78 Å². The van der Waals surface area contributed by atoms with E-state index in [2.05, 4.69) is 13.5 Å². The molecule has 2 N–H and O–H groups in total. The van der Waals surface area contributed by atoms with E-state index in [1.807, 2.05) is 0 Å². The number of ketones is 1. The molecule has 1 radical (unpaired) electrons. The molecule has 0 rings (SSSR count). The van der Waals surface area contributed by atoms with Crippen LogP contribution in [0.15, 0.2) is 12.7 Å². The van der Waals surface area contributed by atoms with Crippen molar-refractivity contribution in [1.82, 2.24) is 0 Å². The minimum Gasteiger partial charge on any atom is -0.393 e. The Morgan fingerprint density at radius 2 is 2.00 bits per heavy atom. The molecule has 0 aliphatic heterocycles. The first-order chi connectivity index (χ1) is 5.07. The maximum absolute atomic E-state index is 10.7. The number of carbonyl (C=O) groups excluding carboxylic acids is 1. The van der Waals surface area contributed by atoms with Gasteiger partial charge in [-0.25, -0.2) is 0 Å². The van der Waals surface area contributed by atoms with Crippen LogP contribution < -0.4 is 0 Å². The smallest absolute Gasteiger partial charge is 0.183 e. The Bertz CT molecular complexity index is 140. The lowest BCUT2D eigenvalue weighted by Crippen LogP contribution is -2.19. The fraction of sp³-hybridized carbons (Fsp3) is 0.500. The highest BCUT2D eigenvalue weighted by Crippen LogP contribution is 2.01. The van der Waals surface area contributed by atoms with Crippen LogP contribution in [0.2, 0.25) is 0 Å². The SMILES string of the molecule is [CH2]C(O)CCC(O)C(=O)C=C. The molecule has 0 aromatic heterocycles. The van der Waals surface area contributed by atoms with Crippen molar-refractivity contribution in [3.63, 3.8) is 0 Å². The van der Waals surface area contributed by atoms with Crippen molar-refractivity contribution in [2.75, 3.05) is 0 Å². The molecule has 0 saturated carbocycles. The first-order valence-electron chi connectivity index (χ1n) is 3.43. The van der Waals surface area contributed by atoms with Crippen LogP contribution in [0.5, 0.6) is 0 Å². The summed E-state index contributed by atoms with van der Waals surface area (Å²) in [5.74, 6) is -0.411. The lowest BCUT2D eigenvalue weighted by atomic mass is 10.1. The highest BCUT2D eigenvalue weighted by atomic mass is 16.3. The number of carbonyl (C=O) groups is 1. The molecule has 0 aromatic carbocycles. The number of hydrogen-bond donors (Lipinski definition) is 2. The van der Waals surface area contributed by atoms with Crippen LogP contribution in [0.25, 0.3) is 0 Å². The Kier molecular flexibility index (Phi) is 4.74. The van der Waals surface area contributed by atoms with Gasteiger partial charge in [0.25, 0.3) is 0 Å². The van der Waals surface area contributed by atoms with Gasteiger partial charge in [0.2, 0.25) is 0 Å². The topological polar surface area (TPSA) is 57.5 Å². The van der Waals surface area contributed by atoms with Crippen molar-refractivity contribution in [1.29, 1.82) is 0 Å². The summed E-state index contributed by atoms with van der Waals surface area (Å²) in [5.41, 5.74) is 0. The van der Waals surface area contributed by atoms with E-state index in [-0.39, 0.29) is 6.42 Å². The molecule has 0 saturated heterocycles. The van der Waals surface area contributed by atoms with Gasteiger partial charge in [0, 0.05) is 0 Å². The van der Waals surface area contributed by atoms with Gasteiger partial charge in [-0.05, 0) is 25.8 Å². The van der Waals surface area contributed by atoms with Gasteiger partial charge in [-0.15, -0.1) is 0 Å². The number of rotatable bonds is 5. The molecule has 3 heteroatoms. The van der Waals surface area contributed by atoms with Crippen LogP contribution >= 0.6 is 0 Å². The van der Waals surface area contributed by atoms with E-state index in [0.717, 1.165) is 6.08 Å². The average molecular weight is 157 g/mol. The Balaban J connectivity index is 3.60. The second kappa shape index (κ2) is 5.04. The van der Waals surface area contributed by atoms with Gasteiger partial charge in [-0.3, -0.25) is 4.79 Å². The molecule has 63 valence electrons. The Morgan fingerprint density at radius 1 is 1.45 bits per heavy atom. The van der Waals surface area contributed by atoms with Crippen LogP contribution in [0, 0.1) is 6.92 Å². The van der Waals surface area contributed by atoms with E-state index < -0.39 is 18.0 Å². The molecule has 0 fully saturated rings. The molecule has 0 amide bonds. The first-order valence-corrected chi connectivity index (χ1v) is 3.43. The Labute approximate surface area is 66.4 Å². The highest BCUT2D eigenvalue weighted by Gasteiger charge is 2.11. The number of hydrogen-bond acceptors (Lipinski definition) is 3. The minimum absolute atomic E-state index is 0.232. The van der Waals surface area contributed by atoms with E-state index in [9.17, 15) is 4.79 Å². The predicted octanol–water partition coefficient (Wildman–Crippen LogP) is 0.0776. The van der Waals surface area contributed by atoms with E-state index in [0.29, 0.717) is 6.42 Å². The number of aliphatic hydroxyl groups excluding tert-OH is 2. The monoisotopic (exact) mass is 157 g/mol. The fourth-order valence-corrected chi connectivity index (χ4v) is 0.629. The third-order valence-corrected chi connectivity index (χ3v) is 1.30. The quantitative estimate of drug-likeness (QED) is 0.555. The van der Waals surface area contributed by atoms with E-state index >= 15 is 0 Å². The van der Waals surface area contributed by atoms with Crippen LogP contribution in [0.1, 0.15) is 12.8 Å². The van der Waals surface area contributed by atoms with Gasteiger partial charge in [0.05, 0.1) is 6.10 Å². The first kappa shape index (κ1) is 10.3.